The van der Waals surface area contributed by atoms with Crippen molar-refractivity contribution in [3.05, 3.63) is 30.5 Å². The number of nitrogens with zero attached hydrogens (tertiary/aromatic N) is 1. The topological polar surface area (TPSA) is 44.5 Å². The van der Waals surface area contributed by atoms with Crippen LogP contribution in [0.4, 0.5) is 0 Å². The predicted octanol–water partition coefficient (Wildman–Crippen LogP) is 2.11. The molecule has 0 N–H and O–H groups in total. The van der Waals surface area contributed by atoms with Gasteiger partial charge in [-0.2, -0.15) is 0 Å². The zero-order chi connectivity index (χ0) is 10.1. The van der Waals surface area contributed by atoms with Gasteiger partial charge in [0.25, 0.3) is 0 Å². The van der Waals surface area contributed by atoms with Gasteiger partial charge in [0.1, 0.15) is 25.2 Å². The first-order valence-electron chi connectivity index (χ1n) is 4.74. The summed E-state index contributed by atoms with van der Waals surface area (Å²) in [5, 5.41) is 3.86. The van der Waals surface area contributed by atoms with Gasteiger partial charge in [0.05, 0.1) is 0 Å². The maximum atomic E-state index is 5.48. The van der Waals surface area contributed by atoms with Crippen molar-refractivity contribution in [1.29, 1.82) is 0 Å². The van der Waals surface area contributed by atoms with Gasteiger partial charge in [-0.15, -0.1) is 0 Å². The molecule has 1 aromatic carbocycles. The zero-order valence-corrected chi connectivity index (χ0v) is 7.97. The first kappa shape index (κ1) is 8.35. The summed E-state index contributed by atoms with van der Waals surface area (Å²) in [6.07, 6.45) is 1.55. The minimum absolute atomic E-state index is 0.593. The molecule has 0 fully saturated rings. The Labute approximate surface area is 86.4 Å². The third kappa shape index (κ3) is 1.44. The fourth-order valence-corrected chi connectivity index (χ4v) is 1.56. The molecule has 0 aliphatic carbocycles. The Morgan fingerprint density at radius 3 is 2.67 bits per heavy atom. The average Bonchev–Trinajstić information content (AvgIpc) is 2.82. The average molecular weight is 203 g/mol. The highest BCUT2D eigenvalue weighted by Crippen LogP contribution is 2.33. The molecule has 0 saturated carbocycles. The standard InChI is InChI=1S/C11H9NO3/c1-2-10-11(14-6-5-13-10)7-8(1)9-3-4-15-12-9/h1-4,7H,5-6H2. The first-order chi connectivity index (χ1) is 7.43. The van der Waals surface area contributed by atoms with E-state index in [1.54, 1.807) is 6.26 Å². The van der Waals surface area contributed by atoms with Gasteiger partial charge in [0, 0.05) is 11.6 Å². The number of aromatic nitrogens is 1. The molecule has 2 heterocycles. The van der Waals surface area contributed by atoms with Crippen molar-refractivity contribution in [2.75, 3.05) is 13.2 Å². The molecular weight excluding hydrogens is 194 g/mol. The highest BCUT2D eigenvalue weighted by atomic mass is 16.6. The second-order valence-corrected chi connectivity index (χ2v) is 3.24. The van der Waals surface area contributed by atoms with E-state index in [9.17, 15) is 0 Å². The summed E-state index contributed by atoms with van der Waals surface area (Å²) in [6, 6.07) is 7.54. The van der Waals surface area contributed by atoms with Gasteiger partial charge in [-0.05, 0) is 18.2 Å². The summed E-state index contributed by atoms with van der Waals surface area (Å²) in [4.78, 5) is 0. The largest absolute Gasteiger partial charge is 0.486 e. The number of hydrogen-bond acceptors (Lipinski definition) is 4. The second kappa shape index (κ2) is 3.31. The van der Waals surface area contributed by atoms with Crippen molar-refractivity contribution in [2.24, 2.45) is 0 Å². The monoisotopic (exact) mass is 203 g/mol. The van der Waals surface area contributed by atoms with E-state index in [4.69, 9.17) is 14.0 Å². The van der Waals surface area contributed by atoms with Gasteiger partial charge in [-0.25, -0.2) is 0 Å². The van der Waals surface area contributed by atoms with Gasteiger partial charge < -0.3 is 14.0 Å². The molecule has 0 saturated heterocycles. The van der Waals surface area contributed by atoms with E-state index in [1.807, 2.05) is 24.3 Å². The highest BCUT2D eigenvalue weighted by Gasteiger charge is 2.12. The highest BCUT2D eigenvalue weighted by molar-refractivity contribution is 5.63. The Balaban J connectivity index is 2.04. The maximum Gasteiger partial charge on any atom is 0.162 e. The summed E-state index contributed by atoms with van der Waals surface area (Å²) in [6.45, 7) is 1.20. The Bertz CT molecular complexity index is 465. The van der Waals surface area contributed by atoms with E-state index in [0.717, 1.165) is 22.8 Å². The summed E-state index contributed by atoms with van der Waals surface area (Å²) in [5.74, 6) is 1.55. The van der Waals surface area contributed by atoms with Crippen LogP contribution in [0.1, 0.15) is 0 Å². The van der Waals surface area contributed by atoms with Crippen LogP contribution in [0.5, 0.6) is 11.5 Å². The molecule has 0 bridgehead atoms. The Morgan fingerprint density at radius 2 is 1.87 bits per heavy atom. The molecule has 0 amide bonds. The molecule has 0 radical (unpaired) electrons. The van der Waals surface area contributed by atoms with Gasteiger partial charge in [0.15, 0.2) is 11.5 Å². The summed E-state index contributed by atoms with van der Waals surface area (Å²) < 4.78 is 15.7. The minimum atomic E-state index is 0.593. The molecule has 1 aromatic heterocycles. The number of rotatable bonds is 1. The van der Waals surface area contributed by atoms with Gasteiger partial charge in [0.2, 0.25) is 0 Å². The van der Waals surface area contributed by atoms with E-state index < -0.39 is 0 Å². The normalized spacial score (nSPS) is 13.9. The lowest BCUT2D eigenvalue weighted by Crippen LogP contribution is -2.15. The second-order valence-electron chi connectivity index (χ2n) is 3.24. The third-order valence-electron chi connectivity index (χ3n) is 2.28. The van der Waals surface area contributed by atoms with Crippen LogP contribution in [-0.2, 0) is 0 Å². The molecule has 2 aromatic rings. The van der Waals surface area contributed by atoms with E-state index in [2.05, 4.69) is 5.16 Å². The summed E-state index contributed by atoms with van der Waals surface area (Å²) >= 11 is 0. The first-order valence-corrected chi connectivity index (χ1v) is 4.74. The molecule has 76 valence electrons. The predicted molar refractivity (Wildman–Crippen MR) is 52.9 cm³/mol. The summed E-state index contributed by atoms with van der Waals surface area (Å²) in [5.41, 5.74) is 1.76. The van der Waals surface area contributed by atoms with E-state index in [1.165, 1.54) is 0 Å². The Kier molecular flexibility index (Phi) is 1.84. The molecular formula is C11H9NO3. The van der Waals surface area contributed by atoms with Gasteiger partial charge in [-0.1, -0.05) is 5.16 Å². The molecule has 4 heteroatoms. The van der Waals surface area contributed by atoms with Crippen molar-refractivity contribution in [2.45, 2.75) is 0 Å². The van der Waals surface area contributed by atoms with Crippen LogP contribution in [0.2, 0.25) is 0 Å². The fourth-order valence-electron chi connectivity index (χ4n) is 1.56. The van der Waals surface area contributed by atoms with Crippen LogP contribution in [0.25, 0.3) is 11.3 Å². The number of benzene rings is 1. The van der Waals surface area contributed by atoms with E-state index >= 15 is 0 Å². The van der Waals surface area contributed by atoms with Crippen molar-refractivity contribution < 1.29 is 14.0 Å². The van der Waals surface area contributed by atoms with Crippen molar-refractivity contribution in [3.63, 3.8) is 0 Å². The number of ether oxygens (including phenoxy) is 2. The van der Waals surface area contributed by atoms with Gasteiger partial charge >= 0.3 is 0 Å². The minimum Gasteiger partial charge on any atom is -0.486 e. The fraction of sp³-hybridized carbons (Fsp3) is 0.182. The van der Waals surface area contributed by atoms with Crippen LogP contribution in [0, 0.1) is 0 Å². The van der Waals surface area contributed by atoms with Crippen LogP contribution in [-0.4, -0.2) is 18.4 Å². The molecule has 4 nitrogen and oxygen atoms in total. The molecule has 0 atom stereocenters. The number of fused-ring (bicyclic) bond motifs is 1. The number of hydrogen-bond donors (Lipinski definition) is 0. The van der Waals surface area contributed by atoms with Crippen LogP contribution >= 0.6 is 0 Å². The lowest BCUT2D eigenvalue weighted by molar-refractivity contribution is 0.171. The SMILES string of the molecule is c1cc(-c2ccc3c(c2)OCCO3)no1. The van der Waals surface area contributed by atoms with Crippen LogP contribution in [0.3, 0.4) is 0 Å². The Hall–Kier alpha value is -1.97. The van der Waals surface area contributed by atoms with Crippen molar-refractivity contribution in [1.82, 2.24) is 5.16 Å². The van der Waals surface area contributed by atoms with E-state index in [-0.39, 0.29) is 0 Å². The Morgan fingerprint density at radius 1 is 1.00 bits per heavy atom. The molecule has 0 spiro atoms. The van der Waals surface area contributed by atoms with Crippen molar-refractivity contribution >= 4 is 0 Å². The molecule has 15 heavy (non-hydrogen) atoms. The van der Waals surface area contributed by atoms with E-state index in [0.29, 0.717) is 13.2 Å². The zero-order valence-electron chi connectivity index (χ0n) is 7.97. The lowest BCUT2D eigenvalue weighted by atomic mass is 10.1. The molecule has 1 aliphatic rings. The van der Waals surface area contributed by atoms with Crippen molar-refractivity contribution in [3.8, 4) is 22.8 Å². The lowest BCUT2D eigenvalue weighted by Gasteiger charge is -2.18. The van der Waals surface area contributed by atoms with Crippen LogP contribution < -0.4 is 9.47 Å². The molecule has 1 aliphatic heterocycles. The molecule has 3 rings (SSSR count). The van der Waals surface area contributed by atoms with Gasteiger partial charge in [-0.3, -0.25) is 0 Å². The quantitative estimate of drug-likeness (QED) is 0.712. The third-order valence-corrected chi connectivity index (χ3v) is 2.28. The van der Waals surface area contributed by atoms with Crippen LogP contribution in [0.15, 0.2) is 35.1 Å². The summed E-state index contributed by atoms with van der Waals surface area (Å²) in [7, 11) is 0. The molecule has 0 unspecified atom stereocenters. The maximum absolute atomic E-state index is 5.48. The smallest absolute Gasteiger partial charge is 0.162 e.